The van der Waals surface area contributed by atoms with Gasteiger partial charge < -0.3 is 10.4 Å². The Morgan fingerprint density at radius 3 is 2.59 bits per heavy atom. The van der Waals surface area contributed by atoms with Crippen molar-refractivity contribution in [3.63, 3.8) is 0 Å². The summed E-state index contributed by atoms with van der Waals surface area (Å²) < 4.78 is 0. The molecule has 2 heterocycles. The molecule has 1 unspecified atom stereocenters. The normalized spacial score (nSPS) is 15.2. The van der Waals surface area contributed by atoms with Crippen molar-refractivity contribution in [1.82, 2.24) is 15.0 Å². The van der Waals surface area contributed by atoms with Crippen LogP contribution < -0.4 is 5.32 Å². The number of pyridine rings is 1. The van der Waals surface area contributed by atoms with E-state index in [4.69, 9.17) is 9.97 Å². The average molecular weight is 360 g/mol. The summed E-state index contributed by atoms with van der Waals surface area (Å²) in [5.41, 5.74) is 3.37. The lowest BCUT2D eigenvalue weighted by atomic mass is 9.92. The van der Waals surface area contributed by atoms with Crippen LogP contribution in [0.15, 0.2) is 54.9 Å². The summed E-state index contributed by atoms with van der Waals surface area (Å²) >= 11 is 0. The molecule has 0 saturated carbocycles. The van der Waals surface area contributed by atoms with Crippen molar-refractivity contribution in [3.8, 4) is 11.4 Å². The molecule has 0 aliphatic heterocycles. The van der Waals surface area contributed by atoms with Crippen LogP contribution in [-0.2, 0) is 18.4 Å². The predicted octanol–water partition coefficient (Wildman–Crippen LogP) is 3.74. The first-order chi connectivity index (χ1) is 13.1. The maximum absolute atomic E-state index is 10.8. The summed E-state index contributed by atoms with van der Waals surface area (Å²) in [6, 6.07) is 13.7. The summed E-state index contributed by atoms with van der Waals surface area (Å²) in [7, 11) is 0. The Balaban J connectivity index is 1.53. The number of hydrogen-bond donors (Lipinski definition) is 2. The van der Waals surface area contributed by atoms with Crippen molar-refractivity contribution in [2.45, 2.75) is 38.2 Å². The zero-order valence-corrected chi connectivity index (χ0v) is 15.5. The first-order valence-corrected chi connectivity index (χ1v) is 9.45. The second kappa shape index (κ2) is 7.45. The van der Waals surface area contributed by atoms with Gasteiger partial charge in [-0.2, -0.15) is 0 Å². The van der Waals surface area contributed by atoms with Gasteiger partial charge in [-0.05, 0) is 50.3 Å². The molecular weight excluding hydrogens is 336 g/mol. The average Bonchev–Trinajstić information content (AvgIpc) is 3.18. The van der Waals surface area contributed by atoms with Crippen molar-refractivity contribution in [2.24, 2.45) is 0 Å². The summed E-state index contributed by atoms with van der Waals surface area (Å²) in [6.07, 6.45) is 7.22. The van der Waals surface area contributed by atoms with Crippen LogP contribution >= 0.6 is 0 Å². The van der Waals surface area contributed by atoms with E-state index in [9.17, 15) is 5.11 Å². The van der Waals surface area contributed by atoms with E-state index in [1.807, 2.05) is 49.4 Å². The van der Waals surface area contributed by atoms with Crippen molar-refractivity contribution in [1.29, 1.82) is 0 Å². The molecule has 5 heteroatoms. The Labute approximate surface area is 159 Å². The van der Waals surface area contributed by atoms with Crippen LogP contribution in [0.4, 0.5) is 5.82 Å². The molecule has 27 heavy (non-hydrogen) atoms. The fourth-order valence-electron chi connectivity index (χ4n) is 3.57. The van der Waals surface area contributed by atoms with Gasteiger partial charge in [-0.3, -0.25) is 4.98 Å². The molecule has 0 bridgehead atoms. The Morgan fingerprint density at radius 2 is 1.81 bits per heavy atom. The maximum atomic E-state index is 10.8. The number of anilines is 1. The molecule has 4 rings (SSSR count). The summed E-state index contributed by atoms with van der Waals surface area (Å²) in [4.78, 5) is 13.6. The Hall–Kier alpha value is -2.79. The molecule has 0 fully saturated rings. The fourth-order valence-corrected chi connectivity index (χ4v) is 3.57. The SMILES string of the molecule is CC(O)(CCNc1nc(-c2ccncc2)nc2c1CCC2)c1ccccc1. The van der Waals surface area contributed by atoms with Crippen molar-refractivity contribution < 1.29 is 5.11 Å². The van der Waals surface area contributed by atoms with E-state index in [1.54, 1.807) is 12.4 Å². The van der Waals surface area contributed by atoms with Gasteiger partial charge in [0.05, 0.1) is 5.60 Å². The number of aromatic nitrogens is 3. The number of aryl methyl sites for hydroxylation is 1. The molecule has 1 aromatic carbocycles. The minimum atomic E-state index is -0.877. The van der Waals surface area contributed by atoms with Gasteiger partial charge in [0.15, 0.2) is 5.82 Å². The Bertz CT molecular complexity index is 910. The summed E-state index contributed by atoms with van der Waals surface area (Å²) in [5.74, 6) is 1.63. The molecular formula is C22H24N4O. The third-order valence-corrected chi connectivity index (χ3v) is 5.17. The van der Waals surface area contributed by atoms with E-state index in [-0.39, 0.29) is 0 Å². The zero-order chi connectivity index (χ0) is 18.7. The molecule has 2 N–H and O–H groups in total. The highest BCUT2D eigenvalue weighted by molar-refractivity contribution is 5.60. The number of rotatable bonds is 6. The number of nitrogens with zero attached hydrogens (tertiary/aromatic N) is 3. The van der Waals surface area contributed by atoms with Crippen LogP contribution in [0.1, 0.15) is 36.6 Å². The number of hydrogen-bond acceptors (Lipinski definition) is 5. The van der Waals surface area contributed by atoms with Gasteiger partial charge in [-0.1, -0.05) is 30.3 Å². The van der Waals surface area contributed by atoms with Gasteiger partial charge in [-0.15, -0.1) is 0 Å². The van der Waals surface area contributed by atoms with E-state index in [0.717, 1.165) is 47.7 Å². The molecule has 5 nitrogen and oxygen atoms in total. The third kappa shape index (κ3) is 3.83. The minimum absolute atomic E-state index is 0.598. The van der Waals surface area contributed by atoms with E-state index >= 15 is 0 Å². The quantitative estimate of drug-likeness (QED) is 0.701. The number of nitrogens with one attached hydrogen (secondary N) is 1. The van der Waals surface area contributed by atoms with Gasteiger partial charge >= 0.3 is 0 Å². The lowest BCUT2D eigenvalue weighted by Gasteiger charge is -2.24. The van der Waals surface area contributed by atoms with E-state index < -0.39 is 5.60 Å². The molecule has 0 radical (unpaired) electrons. The molecule has 0 amide bonds. The first kappa shape index (κ1) is 17.6. The predicted molar refractivity (Wildman–Crippen MR) is 106 cm³/mol. The van der Waals surface area contributed by atoms with Crippen LogP contribution in [0.3, 0.4) is 0 Å². The fraction of sp³-hybridized carbons (Fsp3) is 0.318. The van der Waals surface area contributed by atoms with Crippen molar-refractivity contribution in [3.05, 3.63) is 71.7 Å². The topological polar surface area (TPSA) is 70.9 Å². The van der Waals surface area contributed by atoms with Gasteiger partial charge in [0, 0.05) is 35.8 Å². The van der Waals surface area contributed by atoms with Gasteiger partial charge in [0.1, 0.15) is 5.82 Å². The number of benzene rings is 1. The molecule has 138 valence electrons. The lowest BCUT2D eigenvalue weighted by molar-refractivity contribution is 0.0515. The van der Waals surface area contributed by atoms with Crippen LogP contribution in [0.25, 0.3) is 11.4 Å². The molecule has 0 saturated heterocycles. The van der Waals surface area contributed by atoms with Crippen LogP contribution in [0, 0.1) is 0 Å². The Morgan fingerprint density at radius 1 is 1.04 bits per heavy atom. The minimum Gasteiger partial charge on any atom is -0.385 e. The van der Waals surface area contributed by atoms with E-state index in [2.05, 4.69) is 10.3 Å². The van der Waals surface area contributed by atoms with E-state index in [1.165, 1.54) is 5.56 Å². The maximum Gasteiger partial charge on any atom is 0.161 e. The van der Waals surface area contributed by atoms with Gasteiger partial charge in [0.2, 0.25) is 0 Å². The zero-order valence-electron chi connectivity index (χ0n) is 15.5. The smallest absolute Gasteiger partial charge is 0.161 e. The monoisotopic (exact) mass is 360 g/mol. The lowest BCUT2D eigenvalue weighted by Crippen LogP contribution is -2.25. The molecule has 1 atom stereocenters. The van der Waals surface area contributed by atoms with Crippen LogP contribution in [-0.4, -0.2) is 26.6 Å². The van der Waals surface area contributed by atoms with Gasteiger partial charge in [0.25, 0.3) is 0 Å². The van der Waals surface area contributed by atoms with Crippen molar-refractivity contribution >= 4 is 5.82 Å². The van der Waals surface area contributed by atoms with Crippen LogP contribution in [0.2, 0.25) is 0 Å². The number of fused-ring (bicyclic) bond motifs is 1. The highest BCUT2D eigenvalue weighted by atomic mass is 16.3. The molecule has 1 aliphatic rings. The Kier molecular flexibility index (Phi) is 4.86. The second-order valence-electron chi connectivity index (χ2n) is 7.23. The number of aliphatic hydroxyl groups is 1. The third-order valence-electron chi connectivity index (χ3n) is 5.17. The van der Waals surface area contributed by atoms with Gasteiger partial charge in [-0.25, -0.2) is 9.97 Å². The van der Waals surface area contributed by atoms with Crippen LogP contribution in [0.5, 0.6) is 0 Å². The molecule has 1 aliphatic carbocycles. The summed E-state index contributed by atoms with van der Waals surface area (Å²) in [5, 5.41) is 14.3. The summed E-state index contributed by atoms with van der Waals surface area (Å²) in [6.45, 7) is 2.50. The van der Waals surface area contributed by atoms with E-state index in [0.29, 0.717) is 13.0 Å². The van der Waals surface area contributed by atoms with Crippen molar-refractivity contribution in [2.75, 3.05) is 11.9 Å². The highest BCUT2D eigenvalue weighted by Crippen LogP contribution is 2.30. The second-order valence-corrected chi connectivity index (χ2v) is 7.23. The molecule has 3 aromatic rings. The molecule has 0 spiro atoms. The largest absolute Gasteiger partial charge is 0.385 e. The standard InChI is InChI=1S/C22H24N4O/c1-22(27,17-6-3-2-4-7-17)12-15-24-21-18-8-5-9-19(18)25-20(26-21)16-10-13-23-14-11-16/h2-4,6-7,10-11,13-14,27H,5,8-9,12,15H2,1H3,(H,24,25,26). The molecule has 2 aromatic heterocycles. The highest BCUT2D eigenvalue weighted by Gasteiger charge is 2.24. The first-order valence-electron chi connectivity index (χ1n) is 9.45.